The summed E-state index contributed by atoms with van der Waals surface area (Å²) in [5.74, 6) is -0.0133. The molecule has 2 heteroatoms. The SMILES string of the molecule is C=CCCCCCCCCC(=O)OC(C)CCCCC. The van der Waals surface area contributed by atoms with Crippen molar-refractivity contribution in [3.05, 3.63) is 12.7 Å². The Morgan fingerprint density at radius 3 is 2.35 bits per heavy atom. The summed E-state index contributed by atoms with van der Waals surface area (Å²) in [5, 5.41) is 0. The molecule has 0 saturated heterocycles. The van der Waals surface area contributed by atoms with Crippen LogP contribution >= 0.6 is 0 Å². The number of hydrogen-bond donors (Lipinski definition) is 0. The van der Waals surface area contributed by atoms with Crippen molar-refractivity contribution in [2.45, 2.75) is 97.0 Å². The third kappa shape index (κ3) is 13.6. The van der Waals surface area contributed by atoms with Gasteiger partial charge in [-0.2, -0.15) is 0 Å². The molecule has 0 aromatic heterocycles. The van der Waals surface area contributed by atoms with Crippen molar-refractivity contribution >= 4 is 5.97 Å². The summed E-state index contributed by atoms with van der Waals surface area (Å²) in [5.41, 5.74) is 0. The lowest BCUT2D eigenvalue weighted by molar-refractivity contribution is -0.148. The molecule has 0 spiro atoms. The Bertz CT molecular complexity index is 236. The van der Waals surface area contributed by atoms with Crippen LogP contribution in [0.15, 0.2) is 12.7 Å². The monoisotopic (exact) mass is 282 g/mol. The molecule has 0 aliphatic heterocycles. The first-order chi connectivity index (χ1) is 9.70. The minimum absolute atomic E-state index is 0.0133. The quantitative estimate of drug-likeness (QED) is 0.228. The Morgan fingerprint density at radius 2 is 1.70 bits per heavy atom. The minimum atomic E-state index is -0.0133. The van der Waals surface area contributed by atoms with Crippen molar-refractivity contribution in [1.29, 1.82) is 0 Å². The second-order valence-corrected chi connectivity index (χ2v) is 5.74. The molecule has 0 aromatic carbocycles. The average molecular weight is 282 g/mol. The fourth-order valence-electron chi connectivity index (χ4n) is 2.29. The Hall–Kier alpha value is -0.790. The first-order valence-electron chi connectivity index (χ1n) is 8.51. The van der Waals surface area contributed by atoms with E-state index in [4.69, 9.17) is 4.74 Å². The number of unbranched alkanes of at least 4 members (excludes halogenated alkanes) is 8. The highest BCUT2D eigenvalue weighted by Crippen LogP contribution is 2.11. The van der Waals surface area contributed by atoms with Crippen LogP contribution in [0, 0.1) is 0 Å². The third-order valence-electron chi connectivity index (χ3n) is 3.59. The number of hydrogen-bond acceptors (Lipinski definition) is 2. The van der Waals surface area contributed by atoms with Crippen LogP contribution in [0.1, 0.15) is 90.9 Å². The number of ether oxygens (including phenoxy) is 1. The van der Waals surface area contributed by atoms with Gasteiger partial charge in [0.1, 0.15) is 0 Å². The van der Waals surface area contributed by atoms with E-state index in [1.807, 2.05) is 13.0 Å². The highest BCUT2D eigenvalue weighted by atomic mass is 16.5. The molecule has 0 aliphatic rings. The van der Waals surface area contributed by atoms with E-state index >= 15 is 0 Å². The van der Waals surface area contributed by atoms with Crippen LogP contribution in [0.2, 0.25) is 0 Å². The molecule has 0 radical (unpaired) electrons. The zero-order chi connectivity index (χ0) is 15.1. The second kappa shape index (κ2) is 14.6. The molecular weight excluding hydrogens is 248 g/mol. The molecule has 0 bridgehead atoms. The van der Waals surface area contributed by atoms with E-state index in [1.54, 1.807) is 0 Å². The number of allylic oxidation sites excluding steroid dienone is 1. The van der Waals surface area contributed by atoms with E-state index < -0.39 is 0 Å². The van der Waals surface area contributed by atoms with Crippen molar-refractivity contribution in [3.8, 4) is 0 Å². The molecule has 0 fully saturated rings. The van der Waals surface area contributed by atoms with Gasteiger partial charge in [-0.05, 0) is 39.0 Å². The Labute approximate surface area is 126 Å². The van der Waals surface area contributed by atoms with Crippen LogP contribution in [-0.4, -0.2) is 12.1 Å². The Morgan fingerprint density at radius 1 is 1.05 bits per heavy atom. The lowest BCUT2D eigenvalue weighted by Gasteiger charge is -2.12. The summed E-state index contributed by atoms with van der Waals surface area (Å²) in [7, 11) is 0. The molecule has 2 nitrogen and oxygen atoms in total. The van der Waals surface area contributed by atoms with Crippen molar-refractivity contribution in [1.82, 2.24) is 0 Å². The molecule has 1 unspecified atom stereocenters. The van der Waals surface area contributed by atoms with Gasteiger partial charge in [0, 0.05) is 6.42 Å². The van der Waals surface area contributed by atoms with Crippen molar-refractivity contribution in [3.63, 3.8) is 0 Å². The Balaban J connectivity index is 3.33. The van der Waals surface area contributed by atoms with Crippen LogP contribution in [0.5, 0.6) is 0 Å². The maximum Gasteiger partial charge on any atom is 0.306 e. The number of carbonyl (C=O) groups excluding carboxylic acids is 1. The van der Waals surface area contributed by atoms with Crippen molar-refractivity contribution in [2.75, 3.05) is 0 Å². The van der Waals surface area contributed by atoms with E-state index in [0.29, 0.717) is 6.42 Å². The first kappa shape index (κ1) is 19.2. The molecule has 118 valence electrons. The van der Waals surface area contributed by atoms with Gasteiger partial charge < -0.3 is 4.74 Å². The van der Waals surface area contributed by atoms with Gasteiger partial charge >= 0.3 is 5.97 Å². The number of carbonyl (C=O) groups is 1. The number of esters is 1. The lowest BCUT2D eigenvalue weighted by atomic mass is 10.1. The summed E-state index contributed by atoms with van der Waals surface area (Å²) < 4.78 is 5.41. The van der Waals surface area contributed by atoms with E-state index in [-0.39, 0.29) is 12.1 Å². The molecule has 0 aliphatic carbocycles. The topological polar surface area (TPSA) is 26.3 Å². The van der Waals surface area contributed by atoms with Crippen LogP contribution in [-0.2, 0) is 9.53 Å². The maximum atomic E-state index is 11.6. The normalized spacial score (nSPS) is 12.1. The molecule has 0 N–H and O–H groups in total. The van der Waals surface area contributed by atoms with Crippen LogP contribution < -0.4 is 0 Å². The van der Waals surface area contributed by atoms with Gasteiger partial charge in [0.2, 0.25) is 0 Å². The molecule has 0 amide bonds. The van der Waals surface area contributed by atoms with Gasteiger partial charge in [-0.3, -0.25) is 4.79 Å². The number of rotatable bonds is 14. The third-order valence-corrected chi connectivity index (χ3v) is 3.59. The van der Waals surface area contributed by atoms with E-state index in [0.717, 1.165) is 32.1 Å². The van der Waals surface area contributed by atoms with E-state index in [1.165, 1.54) is 38.5 Å². The van der Waals surface area contributed by atoms with Gasteiger partial charge in [0.25, 0.3) is 0 Å². The lowest BCUT2D eigenvalue weighted by Crippen LogP contribution is -2.14. The molecule has 0 heterocycles. The maximum absolute atomic E-state index is 11.6. The molecule has 0 saturated carbocycles. The average Bonchev–Trinajstić information content (AvgIpc) is 2.42. The summed E-state index contributed by atoms with van der Waals surface area (Å²) in [6.45, 7) is 7.92. The summed E-state index contributed by atoms with van der Waals surface area (Å²) in [6.07, 6.45) is 15.6. The molecular formula is C18H34O2. The highest BCUT2D eigenvalue weighted by molar-refractivity contribution is 5.69. The van der Waals surface area contributed by atoms with Gasteiger partial charge in [-0.15, -0.1) is 6.58 Å². The van der Waals surface area contributed by atoms with Gasteiger partial charge in [-0.25, -0.2) is 0 Å². The van der Waals surface area contributed by atoms with Crippen molar-refractivity contribution < 1.29 is 9.53 Å². The van der Waals surface area contributed by atoms with E-state index in [9.17, 15) is 4.79 Å². The van der Waals surface area contributed by atoms with E-state index in [2.05, 4.69) is 13.5 Å². The fraction of sp³-hybridized carbons (Fsp3) is 0.833. The summed E-state index contributed by atoms with van der Waals surface area (Å²) >= 11 is 0. The zero-order valence-corrected chi connectivity index (χ0v) is 13.7. The summed E-state index contributed by atoms with van der Waals surface area (Å²) in [4.78, 5) is 11.6. The standard InChI is InChI=1S/C18H34O2/c1-4-6-8-9-10-11-12-14-16-18(19)20-17(3)15-13-7-5-2/h4,17H,1,5-16H2,2-3H3. The van der Waals surface area contributed by atoms with Crippen LogP contribution in [0.25, 0.3) is 0 Å². The van der Waals surface area contributed by atoms with Crippen LogP contribution in [0.3, 0.4) is 0 Å². The fourth-order valence-corrected chi connectivity index (χ4v) is 2.29. The first-order valence-corrected chi connectivity index (χ1v) is 8.51. The molecule has 20 heavy (non-hydrogen) atoms. The molecule has 0 rings (SSSR count). The van der Waals surface area contributed by atoms with Gasteiger partial charge in [0.05, 0.1) is 6.10 Å². The predicted octanol–water partition coefficient (Wildman–Crippen LogP) is 5.81. The largest absolute Gasteiger partial charge is 0.463 e. The highest BCUT2D eigenvalue weighted by Gasteiger charge is 2.08. The second-order valence-electron chi connectivity index (χ2n) is 5.74. The smallest absolute Gasteiger partial charge is 0.306 e. The summed E-state index contributed by atoms with van der Waals surface area (Å²) in [6, 6.07) is 0. The zero-order valence-electron chi connectivity index (χ0n) is 13.7. The molecule has 1 atom stereocenters. The van der Waals surface area contributed by atoms with Crippen LogP contribution in [0.4, 0.5) is 0 Å². The van der Waals surface area contributed by atoms with Gasteiger partial charge in [-0.1, -0.05) is 51.5 Å². The van der Waals surface area contributed by atoms with Crippen molar-refractivity contribution in [2.24, 2.45) is 0 Å². The van der Waals surface area contributed by atoms with Gasteiger partial charge in [0.15, 0.2) is 0 Å². The minimum Gasteiger partial charge on any atom is -0.463 e. The predicted molar refractivity (Wildman–Crippen MR) is 86.8 cm³/mol. The Kier molecular flexibility index (Phi) is 14.0. The molecule has 0 aromatic rings.